The van der Waals surface area contributed by atoms with Crippen LogP contribution in [0.4, 0.5) is 5.69 Å². The summed E-state index contributed by atoms with van der Waals surface area (Å²) in [5.41, 5.74) is 1.00. The van der Waals surface area contributed by atoms with Crippen LogP contribution in [0.15, 0.2) is 18.2 Å². The average Bonchev–Trinajstić information content (AvgIpc) is 2.33. The summed E-state index contributed by atoms with van der Waals surface area (Å²) in [5, 5.41) is 10.8. The second kappa shape index (κ2) is 7.97. The third kappa shape index (κ3) is 4.96. The van der Waals surface area contributed by atoms with Crippen molar-refractivity contribution in [2.45, 2.75) is 32.6 Å². The number of hydrogen-bond donors (Lipinski definition) is 1. The average molecular weight is 269 g/mol. The topological polar surface area (TPSA) is 52.4 Å². The summed E-state index contributed by atoms with van der Waals surface area (Å²) in [6.45, 7) is 2.42. The highest BCUT2D eigenvalue weighted by Gasteiger charge is 2.14. The predicted molar refractivity (Wildman–Crippen MR) is 75.6 cm³/mol. The van der Waals surface area contributed by atoms with Crippen LogP contribution in [0.2, 0.25) is 0 Å². The molecule has 0 spiro atoms. The van der Waals surface area contributed by atoms with Crippen LogP contribution in [-0.2, 0) is 0 Å². The van der Waals surface area contributed by atoms with E-state index in [0.29, 0.717) is 12.4 Å². The van der Waals surface area contributed by atoms with E-state index in [2.05, 4.69) is 12.6 Å². The third-order valence-electron chi connectivity index (χ3n) is 2.62. The second-order valence-electron chi connectivity index (χ2n) is 4.21. The number of unbranched alkanes of at least 4 members (excludes halogenated alkanes) is 3. The molecule has 0 atom stereocenters. The summed E-state index contributed by atoms with van der Waals surface area (Å²) in [6.07, 6.45) is 4.22. The largest absolute Gasteiger partial charge is 0.487 e. The first-order valence-electron chi connectivity index (χ1n) is 6.14. The minimum atomic E-state index is -0.407. The molecule has 100 valence electrons. The Balaban J connectivity index is 2.45. The summed E-state index contributed by atoms with van der Waals surface area (Å²) in [4.78, 5) is 10.4. The molecule has 1 aromatic carbocycles. The Bertz CT molecular complexity index is 396. The van der Waals surface area contributed by atoms with Gasteiger partial charge in [0.05, 0.1) is 11.5 Å². The van der Waals surface area contributed by atoms with Gasteiger partial charge in [0.15, 0.2) is 5.75 Å². The van der Waals surface area contributed by atoms with Crippen molar-refractivity contribution >= 4 is 18.3 Å². The van der Waals surface area contributed by atoms with E-state index in [-0.39, 0.29) is 5.69 Å². The Hall–Kier alpha value is -1.23. The van der Waals surface area contributed by atoms with Gasteiger partial charge in [0.1, 0.15) is 0 Å². The number of nitro benzene ring substituents is 1. The molecule has 0 heterocycles. The number of hydrogen-bond acceptors (Lipinski definition) is 4. The van der Waals surface area contributed by atoms with Crippen LogP contribution < -0.4 is 4.74 Å². The van der Waals surface area contributed by atoms with E-state index in [0.717, 1.165) is 37.0 Å². The Kier molecular flexibility index (Phi) is 6.57. The Labute approximate surface area is 113 Å². The predicted octanol–water partition coefficient (Wildman–Crippen LogP) is 3.77. The lowest BCUT2D eigenvalue weighted by Gasteiger charge is -2.07. The van der Waals surface area contributed by atoms with Gasteiger partial charge in [-0.2, -0.15) is 12.6 Å². The maximum atomic E-state index is 10.8. The zero-order valence-electron chi connectivity index (χ0n) is 10.6. The number of thiol groups is 1. The number of nitro groups is 1. The molecule has 0 unspecified atom stereocenters. The fraction of sp³-hybridized carbons (Fsp3) is 0.538. The zero-order valence-corrected chi connectivity index (χ0v) is 11.5. The lowest BCUT2D eigenvalue weighted by Crippen LogP contribution is -2.01. The summed E-state index contributed by atoms with van der Waals surface area (Å²) in [7, 11) is 0. The van der Waals surface area contributed by atoms with E-state index >= 15 is 0 Å². The van der Waals surface area contributed by atoms with Crippen molar-refractivity contribution in [2.24, 2.45) is 0 Å². The van der Waals surface area contributed by atoms with Gasteiger partial charge >= 0.3 is 5.69 Å². The van der Waals surface area contributed by atoms with E-state index in [1.54, 1.807) is 12.1 Å². The number of aryl methyl sites for hydroxylation is 1. The molecule has 0 aliphatic carbocycles. The SMILES string of the molecule is Cc1ccc([N+](=O)[O-])c(OCCCCCCS)c1. The molecular formula is C13H19NO3S. The number of nitrogens with zero attached hydrogens (tertiary/aromatic N) is 1. The fourth-order valence-corrected chi connectivity index (χ4v) is 1.86. The normalized spacial score (nSPS) is 10.3. The lowest BCUT2D eigenvalue weighted by atomic mass is 10.2. The summed E-state index contributed by atoms with van der Waals surface area (Å²) < 4.78 is 5.50. The molecular weight excluding hydrogens is 250 g/mol. The highest BCUT2D eigenvalue weighted by molar-refractivity contribution is 7.80. The van der Waals surface area contributed by atoms with Crippen LogP contribution >= 0.6 is 12.6 Å². The van der Waals surface area contributed by atoms with E-state index < -0.39 is 4.92 Å². The van der Waals surface area contributed by atoms with Crippen molar-refractivity contribution in [3.8, 4) is 5.75 Å². The van der Waals surface area contributed by atoms with Gasteiger partial charge in [0, 0.05) is 6.07 Å². The van der Waals surface area contributed by atoms with Crippen LogP contribution in [0.1, 0.15) is 31.2 Å². The first-order valence-corrected chi connectivity index (χ1v) is 6.77. The minimum Gasteiger partial charge on any atom is -0.487 e. The first kappa shape index (κ1) is 14.8. The van der Waals surface area contributed by atoms with Gasteiger partial charge in [0.25, 0.3) is 0 Å². The molecule has 18 heavy (non-hydrogen) atoms. The number of ether oxygens (including phenoxy) is 1. The Morgan fingerprint density at radius 3 is 2.67 bits per heavy atom. The molecule has 0 N–H and O–H groups in total. The highest BCUT2D eigenvalue weighted by atomic mass is 32.1. The third-order valence-corrected chi connectivity index (χ3v) is 2.94. The minimum absolute atomic E-state index is 0.0379. The number of rotatable bonds is 8. The summed E-state index contributed by atoms with van der Waals surface area (Å²) in [6, 6.07) is 4.93. The maximum absolute atomic E-state index is 10.8. The van der Waals surface area contributed by atoms with E-state index in [9.17, 15) is 10.1 Å². The van der Waals surface area contributed by atoms with Gasteiger partial charge < -0.3 is 4.74 Å². The molecule has 5 heteroatoms. The van der Waals surface area contributed by atoms with Crippen LogP contribution in [0.25, 0.3) is 0 Å². The smallest absolute Gasteiger partial charge is 0.310 e. The van der Waals surface area contributed by atoms with Crippen molar-refractivity contribution in [1.82, 2.24) is 0 Å². The zero-order chi connectivity index (χ0) is 13.4. The van der Waals surface area contributed by atoms with Gasteiger partial charge in [-0.15, -0.1) is 0 Å². The molecule has 4 nitrogen and oxygen atoms in total. The molecule has 1 aromatic rings. The van der Waals surface area contributed by atoms with E-state index in [1.165, 1.54) is 6.07 Å². The lowest BCUT2D eigenvalue weighted by molar-refractivity contribution is -0.385. The monoisotopic (exact) mass is 269 g/mol. The van der Waals surface area contributed by atoms with Crippen molar-refractivity contribution in [1.29, 1.82) is 0 Å². The van der Waals surface area contributed by atoms with Gasteiger partial charge in [0.2, 0.25) is 0 Å². The van der Waals surface area contributed by atoms with Crippen molar-refractivity contribution in [2.75, 3.05) is 12.4 Å². The van der Waals surface area contributed by atoms with E-state index in [4.69, 9.17) is 4.74 Å². The molecule has 0 radical (unpaired) electrons. The molecule has 0 saturated heterocycles. The highest BCUT2D eigenvalue weighted by Crippen LogP contribution is 2.27. The van der Waals surface area contributed by atoms with Gasteiger partial charge in [-0.3, -0.25) is 10.1 Å². The Morgan fingerprint density at radius 2 is 2.00 bits per heavy atom. The molecule has 0 aliphatic rings. The first-order chi connectivity index (χ1) is 8.65. The summed E-state index contributed by atoms with van der Waals surface area (Å²) >= 11 is 4.14. The van der Waals surface area contributed by atoms with Gasteiger partial charge in [-0.25, -0.2) is 0 Å². The van der Waals surface area contributed by atoms with E-state index in [1.807, 2.05) is 6.92 Å². The van der Waals surface area contributed by atoms with Crippen LogP contribution in [0, 0.1) is 17.0 Å². The molecule has 1 rings (SSSR count). The molecule has 0 fully saturated rings. The molecule has 0 aromatic heterocycles. The molecule has 0 aliphatic heterocycles. The van der Waals surface area contributed by atoms with Gasteiger partial charge in [-0.1, -0.05) is 18.9 Å². The van der Waals surface area contributed by atoms with Crippen molar-refractivity contribution in [3.63, 3.8) is 0 Å². The maximum Gasteiger partial charge on any atom is 0.310 e. The quantitative estimate of drug-likeness (QED) is 0.338. The molecule has 0 bridgehead atoms. The van der Waals surface area contributed by atoms with Crippen LogP contribution in [0.5, 0.6) is 5.75 Å². The van der Waals surface area contributed by atoms with Crippen LogP contribution in [-0.4, -0.2) is 17.3 Å². The molecule has 0 amide bonds. The van der Waals surface area contributed by atoms with Crippen molar-refractivity contribution < 1.29 is 9.66 Å². The summed E-state index contributed by atoms with van der Waals surface area (Å²) in [5.74, 6) is 1.28. The number of benzene rings is 1. The standard InChI is InChI=1S/C13H19NO3S/c1-11-6-7-12(14(15)16)13(10-11)17-8-4-2-3-5-9-18/h6-7,10,18H,2-5,8-9H2,1H3. The fourth-order valence-electron chi connectivity index (χ4n) is 1.64. The Morgan fingerprint density at radius 1 is 1.28 bits per heavy atom. The second-order valence-corrected chi connectivity index (χ2v) is 4.66. The van der Waals surface area contributed by atoms with Gasteiger partial charge in [-0.05, 0) is 37.1 Å². The van der Waals surface area contributed by atoms with Crippen molar-refractivity contribution in [3.05, 3.63) is 33.9 Å². The molecule has 0 saturated carbocycles. The van der Waals surface area contributed by atoms with Crippen LogP contribution in [0.3, 0.4) is 0 Å².